The van der Waals surface area contributed by atoms with Gasteiger partial charge in [0, 0.05) is 23.5 Å². The zero-order valence-electron chi connectivity index (χ0n) is 21.3. The molecule has 1 amide bonds. The summed E-state index contributed by atoms with van der Waals surface area (Å²) in [6, 6.07) is 18.9. The van der Waals surface area contributed by atoms with Crippen LogP contribution >= 0.6 is 0 Å². The summed E-state index contributed by atoms with van der Waals surface area (Å²) >= 11 is 0. The number of aryl methyl sites for hydroxylation is 1. The summed E-state index contributed by atoms with van der Waals surface area (Å²) in [5.41, 5.74) is 3.12. The average molecular weight is 483 g/mol. The molecule has 2 N–H and O–H groups in total. The van der Waals surface area contributed by atoms with Crippen molar-refractivity contribution in [3.63, 3.8) is 0 Å². The number of hydrogen-bond acceptors (Lipinski definition) is 2. The normalized spacial score (nSPS) is 28.4. The SMILES string of the molecule is CC(/C=C/CCc1ccccc1)(Cc1c[nH]c2ccccc12)NC(=O)OC1C2CC3CC(C2)CC1C3. The predicted octanol–water partition coefficient (Wildman–Crippen LogP) is 7.21. The summed E-state index contributed by atoms with van der Waals surface area (Å²) < 4.78 is 6.21. The van der Waals surface area contributed by atoms with Crippen molar-refractivity contribution in [1.82, 2.24) is 10.3 Å². The Morgan fingerprint density at radius 2 is 1.69 bits per heavy atom. The number of para-hydroxylation sites is 1. The molecular formula is C32H38N2O2. The van der Waals surface area contributed by atoms with E-state index in [1.54, 1.807) is 0 Å². The number of alkyl carbamates (subject to hydrolysis) is 1. The first-order valence-corrected chi connectivity index (χ1v) is 13.8. The molecule has 4 fully saturated rings. The van der Waals surface area contributed by atoms with Gasteiger partial charge in [0.15, 0.2) is 0 Å². The van der Waals surface area contributed by atoms with E-state index in [0.29, 0.717) is 18.3 Å². The number of nitrogens with one attached hydrogen (secondary N) is 2. The highest BCUT2D eigenvalue weighted by molar-refractivity contribution is 5.83. The van der Waals surface area contributed by atoms with Crippen molar-refractivity contribution in [2.24, 2.45) is 23.7 Å². The fraction of sp³-hybridized carbons (Fsp3) is 0.469. The van der Waals surface area contributed by atoms with E-state index in [-0.39, 0.29) is 12.2 Å². The van der Waals surface area contributed by atoms with Crippen LogP contribution in [0.5, 0.6) is 0 Å². The average Bonchev–Trinajstić information content (AvgIpc) is 3.27. The second kappa shape index (κ2) is 9.80. The molecule has 1 unspecified atom stereocenters. The summed E-state index contributed by atoms with van der Waals surface area (Å²) in [7, 11) is 0. The summed E-state index contributed by atoms with van der Waals surface area (Å²) in [4.78, 5) is 16.7. The van der Waals surface area contributed by atoms with E-state index in [9.17, 15) is 4.79 Å². The van der Waals surface area contributed by atoms with E-state index in [0.717, 1.165) is 30.2 Å². The third-order valence-corrected chi connectivity index (χ3v) is 8.93. The largest absolute Gasteiger partial charge is 0.446 e. The van der Waals surface area contributed by atoms with Crippen LogP contribution in [0.3, 0.4) is 0 Å². The van der Waals surface area contributed by atoms with Gasteiger partial charge in [-0.05, 0) is 92.7 Å². The molecule has 4 nitrogen and oxygen atoms in total. The Bertz CT molecular complexity index is 1200. The molecule has 4 saturated carbocycles. The van der Waals surface area contributed by atoms with Crippen LogP contribution in [0.1, 0.15) is 56.6 Å². The molecule has 188 valence electrons. The van der Waals surface area contributed by atoms with Gasteiger partial charge in [0.05, 0.1) is 5.54 Å². The van der Waals surface area contributed by atoms with E-state index in [1.165, 1.54) is 48.6 Å². The molecule has 4 aliphatic carbocycles. The number of benzene rings is 2. The lowest BCUT2D eigenvalue weighted by Crippen LogP contribution is -2.53. The van der Waals surface area contributed by atoms with Gasteiger partial charge in [-0.1, -0.05) is 60.7 Å². The first-order valence-electron chi connectivity index (χ1n) is 13.8. The van der Waals surface area contributed by atoms with Gasteiger partial charge in [0.2, 0.25) is 0 Å². The number of amides is 1. The minimum atomic E-state index is -0.537. The number of ether oxygens (including phenoxy) is 1. The van der Waals surface area contributed by atoms with Crippen LogP contribution in [-0.2, 0) is 17.6 Å². The van der Waals surface area contributed by atoms with Gasteiger partial charge >= 0.3 is 6.09 Å². The molecular weight excluding hydrogens is 444 g/mol. The van der Waals surface area contributed by atoms with Crippen LogP contribution < -0.4 is 5.32 Å². The molecule has 0 radical (unpaired) electrons. The molecule has 4 bridgehead atoms. The Labute approximate surface area is 214 Å². The Morgan fingerprint density at radius 3 is 2.44 bits per heavy atom. The Balaban J connectivity index is 1.17. The zero-order chi connectivity index (χ0) is 24.5. The molecule has 0 saturated heterocycles. The number of aromatic amines is 1. The van der Waals surface area contributed by atoms with Gasteiger partial charge in [0.25, 0.3) is 0 Å². The predicted molar refractivity (Wildman–Crippen MR) is 145 cm³/mol. The summed E-state index contributed by atoms with van der Waals surface area (Å²) in [6.07, 6.45) is 15.3. The van der Waals surface area contributed by atoms with Gasteiger partial charge in [0.1, 0.15) is 6.10 Å². The van der Waals surface area contributed by atoms with Gasteiger partial charge in [-0.15, -0.1) is 0 Å². The quantitative estimate of drug-likeness (QED) is 0.333. The van der Waals surface area contributed by atoms with Crippen molar-refractivity contribution in [1.29, 1.82) is 0 Å². The first kappa shape index (κ1) is 23.4. The molecule has 7 rings (SSSR count). The van der Waals surface area contributed by atoms with Crippen LogP contribution in [0.4, 0.5) is 4.79 Å². The number of rotatable bonds is 8. The summed E-state index contributed by atoms with van der Waals surface area (Å²) in [5, 5.41) is 4.50. The number of aromatic nitrogens is 1. The van der Waals surface area contributed by atoms with Crippen molar-refractivity contribution < 1.29 is 9.53 Å². The lowest BCUT2D eigenvalue weighted by Gasteiger charge is -2.53. The molecule has 1 atom stereocenters. The highest BCUT2D eigenvalue weighted by atomic mass is 16.6. The monoisotopic (exact) mass is 482 g/mol. The second-order valence-corrected chi connectivity index (χ2v) is 11.8. The van der Waals surface area contributed by atoms with Crippen molar-refractivity contribution in [3.8, 4) is 0 Å². The van der Waals surface area contributed by atoms with Crippen molar-refractivity contribution in [3.05, 3.63) is 84.1 Å². The maximum absolute atomic E-state index is 13.3. The van der Waals surface area contributed by atoms with Crippen molar-refractivity contribution in [2.75, 3.05) is 0 Å². The van der Waals surface area contributed by atoms with E-state index in [4.69, 9.17) is 4.74 Å². The smallest absolute Gasteiger partial charge is 0.408 e. The first-order chi connectivity index (χ1) is 17.5. The molecule has 1 heterocycles. The molecule has 2 aromatic carbocycles. The molecule has 1 aromatic heterocycles. The molecule has 4 heteroatoms. The maximum Gasteiger partial charge on any atom is 0.408 e. The second-order valence-electron chi connectivity index (χ2n) is 11.8. The zero-order valence-corrected chi connectivity index (χ0v) is 21.3. The number of allylic oxidation sites excluding steroid dienone is 1. The summed E-state index contributed by atoms with van der Waals surface area (Å²) in [6.45, 7) is 2.12. The maximum atomic E-state index is 13.3. The van der Waals surface area contributed by atoms with Gasteiger partial charge < -0.3 is 15.0 Å². The fourth-order valence-corrected chi connectivity index (χ4v) is 7.51. The summed E-state index contributed by atoms with van der Waals surface area (Å²) in [5.74, 6) is 2.87. The molecule has 36 heavy (non-hydrogen) atoms. The number of fused-ring (bicyclic) bond motifs is 1. The molecule has 0 spiro atoms. The standard InChI is InChI=1S/C32H38N2O2/c1-32(14-8-7-11-22-9-3-2-4-10-22,20-27-21-33-29-13-6-5-12-28(27)29)34-31(35)36-30-25-16-23-15-24(18-25)19-26(30)17-23/h2-6,8-10,12-14,21,23-26,30,33H,7,11,15-20H2,1H3,(H,34,35)/b14-8+. The lowest BCUT2D eigenvalue weighted by atomic mass is 9.55. The highest BCUT2D eigenvalue weighted by Crippen LogP contribution is 2.54. The van der Waals surface area contributed by atoms with Crippen LogP contribution in [-0.4, -0.2) is 22.7 Å². The van der Waals surface area contributed by atoms with E-state index in [2.05, 4.69) is 84.1 Å². The Kier molecular flexibility index (Phi) is 6.37. The van der Waals surface area contributed by atoms with Crippen LogP contribution in [0.15, 0.2) is 72.9 Å². The minimum absolute atomic E-state index is 0.0946. The fourth-order valence-electron chi connectivity index (χ4n) is 7.51. The van der Waals surface area contributed by atoms with Crippen molar-refractivity contribution >= 4 is 17.0 Å². The van der Waals surface area contributed by atoms with Crippen LogP contribution in [0.25, 0.3) is 10.9 Å². The molecule has 0 aliphatic heterocycles. The molecule has 3 aromatic rings. The third kappa shape index (κ3) is 4.96. The lowest BCUT2D eigenvalue weighted by molar-refractivity contribution is -0.0968. The highest BCUT2D eigenvalue weighted by Gasteiger charge is 2.50. The Morgan fingerprint density at radius 1 is 1.00 bits per heavy atom. The van der Waals surface area contributed by atoms with Crippen LogP contribution in [0.2, 0.25) is 0 Å². The topological polar surface area (TPSA) is 54.1 Å². The van der Waals surface area contributed by atoms with E-state index < -0.39 is 5.54 Å². The van der Waals surface area contributed by atoms with Crippen LogP contribution in [0, 0.1) is 23.7 Å². The van der Waals surface area contributed by atoms with E-state index in [1.807, 2.05) is 6.07 Å². The number of carbonyl (C=O) groups is 1. The van der Waals surface area contributed by atoms with E-state index >= 15 is 0 Å². The van der Waals surface area contributed by atoms with Gasteiger partial charge in [-0.2, -0.15) is 0 Å². The number of hydrogen-bond donors (Lipinski definition) is 2. The Hall–Kier alpha value is -3.01. The number of carbonyl (C=O) groups excluding carboxylic acids is 1. The number of H-pyrrole nitrogens is 1. The van der Waals surface area contributed by atoms with Gasteiger partial charge in [-0.3, -0.25) is 0 Å². The van der Waals surface area contributed by atoms with Gasteiger partial charge in [-0.25, -0.2) is 4.79 Å². The van der Waals surface area contributed by atoms with Crippen molar-refractivity contribution in [2.45, 2.75) is 69.9 Å². The third-order valence-electron chi connectivity index (χ3n) is 8.93. The molecule has 4 aliphatic rings. The minimum Gasteiger partial charge on any atom is -0.446 e.